The molecule has 1 heterocycles. The summed E-state index contributed by atoms with van der Waals surface area (Å²) in [5.74, 6) is -0.143. The molecule has 5 nitrogen and oxygen atoms in total. The summed E-state index contributed by atoms with van der Waals surface area (Å²) < 4.78 is 18.1. The molecule has 0 saturated carbocycles. The maximum absolute atomic E-state index is 13.6. The molecule has 0 radical (unpaired) electrons. The molecule has 20 heavy (non-hydrogen) atoms. The second-order valence-corrected chi connectivity index (χ2v) is 4.98. The van der Waals surface area contributed by atoms with Gasteiger partial charge in [-0.1, -0.05) is 0 Å². The van der Waals surface area contributed by atoms with Crippen LogP contribution >= 0.6 is 24.2 Å². The van der Waals surface area contributed by atoms with Gasteiger partial charge in [-0.2, -0.15) is 0 Å². The van der Waals surface area contributed by atoms with Gasteiger partial charge in [0.15, 0.2) is 0 Å². The first kappa shape index (κ1) is 16.7. The molecule has 0 spiro atoms. The monoisotopic (exact) mass is 320 g/mol. The molecule has 0 aromatic heterocycles. The standard InChI is InChI=1S/C12H13FN2O3S.ClH/c1-18-12(17)7-2-3-8(13)9(4-7)15-11(16)10-5-19-6-14-10;/h2-4,10,14H,5-6H2,1H3,(H,15,16);1H. The molecule has 1 aliphatic rings. The average molecular weight is 321 g/mol. The summed E-state index contributed by atoms with van der Waals surface area (Å²) in [5, 5.41) is 5.46. The minimum absolute atomic E-state index is 0. The van der Waals surface area contributed by atoms with Crippen molar-refractivity contribution in [3.8, 4) is 0 Å². The van der Waals surface area contributed by atoms with Gasteiger partial charge in [-0.25, -0.2) is 9.18 Å². The fraction of sp³-hybridized carbons (Fsp3) is 0.333. The molecule has 1 atom stereocenters. The van der Waals surface area contributed by atoms with Crippen LogP contribution < -0.4 is 10.6 Å². The number of hydrogen-bond acceptors (Lipinski definition) is 5. The third kappa shape index (κ3) is 3.84. The van der Waals surface area contributed by atoms with Crippen molar-refractivity contribution in [2.75, 3.05) is 24.1 Å². The van der Waals surface area contributed by atoms with E-state index in [1.54, 1.807) is 11.8 Å². The number of nitrogens with one attached hydrogen (secondary N) is 2. The van der Waals surface area contributed by atoms with Crippen molar-refractivity contribution in [2.24, 2.45) is 0 Å². The zero-order valence-electron chi connectivity index (χ0n) is 10.6. The van der Waals surface area contributed by atoms with E-state index in [4.69, 9.17) is 0 Å². The van der Waals surface area contributed by atoms with Crippen molar-refractivity contribution in [3.63, 3.8) is 0 Å². The molecule has 1 unspecified atom stereocenters. The lowest BCUT2D eigenvalue weighted by molar-refractivity contribution is -0.117. The predicted octanol–water partition coefficient (Wildman–Crippen LogP) is 1.64. The molecule has 0 bridgehead atoms. The summed E-state index contributed by atoms with van der Waals surface area (Å²) in [6.45, 7) is 0. The number of methoxy groups -OCH3 is 1. The Bertz CT molecular complexity index is 509. The first-order chi connectivity index (χ1) is 9.11. The van der Waals surface area contributed by atoms with E-state index in [1.807, 2.05) is 0 Å². The summed E-state index contributed by atoms with van der Waals surface area (Å²) >= 11 is 1.60. The number of anilines is 1. The number of hydrogen-bond donors (Lipinski definition) is 2. The van der Waals surface area contributed by atoms with Gasteiger partial charge in [-0.3, -0.25) is 10.1 Å². The Morgan fingerprint density at radius 1 is 1.50 bits per heavy atom. The highest BCUT2D eigenvalue weighted by Crippen LogP contribution is 2.18. The van der Waals surface area contributed by atoms with E-state index < -0.39 is 11.8 Å². The highest BCUT2D eigenvalue weighted by atomic mass is 35.5. The molecule has 110 valence electrons. The lowest BCUT2D eigenvalue weighted by Crippen LogP contribution is -2.37. The van der Waals surface area contributed by atoms with Gasteiger partial charge in [0, 0.05) is 11.6 Å². The zero-order valence-corrected chi connectivity index (χ0v) is 12.3. The third-order valence-electron chi connectivity index (χ3n) is 2.68. The normalized spacial score (nSPS) is 17.2. The van der Waals surface area contributed by atoms with Gasteiger partial charge in [-0.15, -0.1) is 24.2 Å². The Hall–Kier alpha value is -1.31. The van der Waals surface area contributed by atoms with Gasteiger partial charge in [0.2, 0.25) is 5.91 Å². The molecule has 1 aromatic rings. The minimum Gasteiger partial charge on any atom is -0.465 e. The van der Waals surface area contributed by atoms with E-state index >= 15 is 0 Å². The summed E-state index contributed by atoms with van der Waals surface area (Å²) in [6, 6.07) is 3.35. The van der Waals surface area contributed by atoms with Crippen LogP contribution in [0.2, 0.25) is 0 Å². The smallest absolute Gasteiger partial charge is 0.337 e. The predicted molar refractivity (Wildman–Crippen MR) is 77.9 cm³/mol. The zero-order chi connectivity index (χ0) is 13.8. The maximum atomic E-state index is 13.6. The number of rotatable bonds is 3. The topological polar surface area (TPSA) is 67.4 Å². The number of carbonyl (C=O) groups is 2. The second-order valence-electron chi connectivity index (χ2n) is 3.95. The van der Waals surface area contributed by atoms with Crippen LogP contribution in [0.15, 0.2) is 18.2 Å². The van der Waals surface area contributed by atoms with Crippen LogP contribution in [0.3, 0.4) is 0 Å². The average Bonchev–Trinajstić information content (AvgIpc) is 2.94. The number of amides is 1. The highest BCUT2D eigenvalue weighted by Gasteiger charge is 2.23. The first-order valence-corrected chi connectivity index (χ1v) is 6.77. The van der Waals surface area contributed by atoms with Crippen molar-refractivity contribution in [2.45, 2.75) is 6.04 Å². The third-order valence-corrected chi connectivity index (χ3v) is 3.62. The van der Waals surface area contributed by atoms with Crippen LogP contribution in [0.4, 0.5) is 10.1 Å². The van der Waals surface area contributed by atoms with Gasteiger partial charge in [0.25, 0.3) is 0 Å². The number of ether oxygens (including phenoxy) is 1. The number of carbonyl (C=O) groups excluding carboxylic acids is 2. The molecule has 1 amide bonds. The largest absolute Gasteiger partial charge is 0.465 e. The molecule has 1 fully saturated rings. The van der Waals surface area contributed by atoms with Gasteiger partial charge in [0.1, 0.15) is 5.82 Å². The van der Waals surface area contributed by atoms with E-state index in [1.165, 1.54) is 19.2 Å². The molecule has 0 aliphatic carbocycles. The summed E-state index contributed by atoms with van der Waals surface area (Å²) in [7, 11) is 1.24. The van der Waals surface area contributed by atoms with Crippen LogP contribution in [0.25, 0.3) is 0 Å². The van der Waals surface area contributed by atoms with Crippen molar-refractivity contribution >= 4 is 41.7 Å². The molecule has 1 aromatic carbocycles. The number of halogens is 2. The number of thioether (sulfide) groups is 1. The van der Waals surface area contributed by atoms with Gasteiger partial charge < -0.3 is 10.1 Å². The second kappa shape index (κ2) is 7.47. The lowest BCUT2D eigenvalue weighted by Gasteiger charge is -2.11. The summed E-state index contributed by atoms with van der Waals surface area (Å²) in [6.07, 6.45) is 0. The molecular weight excluding hydrogens is 307 g/mol. The van der Waals surface area contributed by atoms with Gasteiger partial charge in [0.05, 0.1) is 24.4 Å². The molecule has 2 rings (SSSR count). The van der Waals surface area contributed by atoms with Crippen molar-refractivity contribution in [3.05, 3.63) is 29.6 Å². The summed E-state index contributed by atoms with van der Waals surface area (Å²) in [4.78, 5) is 23.2. The molecule has 8 heteroatoms. The Balaban J connectivity index is 0.00000200. The fourth-order valence-corrected chi connectivity index (χ4v) is 2.59. The van der Waals surface area contributed by atoms with Crippen LogP contribution in [-0.2, 0) is 9.53 Å². The molecule has 1 aliphatic heterocycles. The minimum atomic E-state index is -0.591. The summed E-state index contributed by atoms with van der Waals surface area (Å²) in [5.41, 5.74) is 0.166. The quantitative estimate of drug-likeness (QED) is 0.829. The van der Waals surface area contributed by atoms with Crippen LogP contribution in [0.5, 0.6) is 0 Å². The molecular formula is C12H14ClFN2O3S. The van der Waals surface area contributed by atoms with Crippen molar-refractivity contribution in [1.82, 2.24) is 5.32 Å². The van der Waals surface area contributed by atoms with E-state index in [0.717, 1.165) is 6.07 Å². The molecule has 2 N–H and O–H groups in total. The molecule has 1 saturated heterocycles. The Morgan fingerprint density at radius 3 is 2.85 bits per heavy atom. The Kier molecular flexibility index (Phi) is 6.25. The van der Waals surface area contributed by atoms with Crippen molar-refractivity contribution < 1.29 is 18.7 Å². The van der Waals surface area contributed by atoms with Crippen LogP contribution in [0.1, 0.15) is 10.4 Å². The highest BCUT2D eigenvalue weighted by molar-refractivity contribution is 7.99. The van der Waals surface area contributed by atoms with Gasteiger partial charge in [-0.05, 0) is 18.2 Å². The van der Waals surface area contributed by atoms with Crippen LogP contribution in [0, 0.1) is 5.82 Å². The van der Waals surface area contributed by atoms with E-state index in [9.17, 15) is 14.0 Å². The Morgan fingerprint density at radius 2 is 2.25 bits per heavy atom. The number of esters is 1. The Labute approximate surface area is 126 Å². The van der Waals surface area contributed by atoms with Crippen LogP contribution in [-0.4, -0.2) is 36.7 Å². The van der Waals surface area contributed by atoms with E-state index in [2.05, 4.69) is 15.4 Å². The fourth-order valence-electron chi connectivity index (χ4n) is 1.65. The maximum Gasteiger partial charge on any atom is 0.337 e. The number of benzene rings is 1. The lowest BCUT2D eigenvalue weighted by atomic mass is 10.2. The van der Waals surface area contributed by atoms with E-state index in [-0.39, 0.29) is 35.6 Å². The van der Waals surface area contributed by atoms with Crippen molar-refractivity contribution in [1.29, 1.82) is 0 Å². The van der Waals surface area contributed by atoms with Gasteiger partial charge >= 0.3 is 5.97 Å². The first-order valence-electron chi connectivity index (χ1n) is 5.61. The van der Waals surface area contributed by atoms with E-state index in [0.29, 0.717) is 11.6 Å². The SMILES string of the molecule is COC(=O)c1ccc(F)c(NC(=O)C2CSCN2)c1.Cl.